The van der Waals surface area contributed by atoms with E-state index in [0.717, 1.165) is 31.0 Å². The van der Waals surface area contributed by atoms with E-state index in [1.54, 1.807) is 5.01 Å². The molecule has 0 bridgehead atoms. The molecule has 2 N–H and O–H groups in total. The van der Waals surface area contributed by atoms with E-state index >= 15 is 0 Å². The van der Waals surface area contributed by atoms with E-state index in [4.69, 9.17) is 10.6 Å². The quantitative estimate of drug-likeness (QED) is 0.611. The van der Waals surface area contributed by atoms with Crippen molar-refractivity contribution < 1.29 is 4.74 Å². The van der Waals surface area contributed by atoms with E-state index in [1.165, 1.54) is 5.56 Å². The maximum Gasteiger partial charge on any atom is 0.144 e. The van der Waals surface area contributed by atoms with Gasteiger partial charge in [-0.15, -0.1) is 0 Å². The lowest BCUT2D eigenvalue weighted by Gasteiger charge is -2.17. The number of anilines is 1. The van der Waals surface area contributed by atoms with E-state index in [-0.39, 0.29) is 0 Å². The minimum atomic E-state index is 0.754. The molecule has 3 heteroatoms. The molecule has 1 aromatic rings. The first-order chi connectivity index (χ1) is 6.27. The van der Waals surface area contributed by atoms with Gasteiger partial charge in [0.15, 0.2) is 0 Å². The summed E-state index contributed by atoms with van der Waals surface area (Å²) in [6.07, 6.45) is 0.976. The van der Waals surface area contributed by atoms with Crippen LogP contribution in [0, 0.1) is 6.92 Å². The van der Waals surface area contributed by atoms with Crippen molar-refractivity contribution in [2.24, 2.45) is 5.84 Å². The number of aryl methyl sites for hydroxylation is 1. The summed E-state index contributed by atoms with van der Waals surface area (Å²) in [7, 11) is 0. The Bertz CT molecular complexity index is 312. The highest BCUT2D eigenvalue weighted by atomic mass is 16.5. The zero-order valence-corrected chi connectivity index (χ0v) is 7.79. The number of nitrogens with two attached hydrogens (primary N) is 1. The molecule has 0 aliphatic carbocycles. The molecule has 0 aromatic heterocycles. The van der Waals surface area contributed by atoms with Crippen LogP contribution in [-0.4, -0.2) is 13.2 Å². The van der Waals surface area contributed by atoms with Crippen molar-refractivity contribution in [1.82, 2.24) is 0 Å². The fourth-order valence-corrected chi connectivity index (χ4v) is 1.51. The largest absolute Gasteiger partial charge is 0.491 e. The lowest BCUT2D eigenvalue weighted by atomic mass is 10.2. The molecular weight excluding hydrogens is 164 g/mol. The summed E-state index contributed by atoms with van der Waals surface area (Å²) >= 11 is 0. The molecule has 70 valence electrons. The van der Waals surface area contributed by atoms with Crippen molar-refractivity contribution in [2.75, 3.05) is 18.2 Å². The highest BCUT2D eigenvalue weighted by Crippen LogP contribution is 2.29. The Morgan fingerprint density at radius 2 is 2.31 bits per heavy atom. The normalized spacial score (nSPS) is 16.0. The molecule has 0 unspecified atom stereocenters. The third-order valence-electron chi connectivity index (χ3n) is 2.23. The van der Waals surface area contributed by atoms with Crippen molar-refractivity contribution in [2.45, 2.75) is 13.3 Å². The molecule has 1 heterocycles. The van der Waals surface area contributed by atoms with Crippen LogP contribution in [0.25, 0.3) is 0 Å². The number of nitrogens with zero attached hydrogens (tertiary/aromatic N) is 1. The Morgan fingerprint density at radius 3 is 3.15 bits per heavy atom. The number of hydrogen-bond donors (Lipinski definition) is 1. The molecule has 2 rings (SSSR count). The number of hydrazine groups is 1. The summed E-state index contributed by atoms with van der Waals surface area (Å²) in [6, 6.07) is 6.09. The second kappa shape index (κ2) is 3.26. The minimum absolute atomic E-state index is 0.754. The lowest BCUT2D eigenvalue weighted by Crippen LogP contribution is -2.31. The molecule has 0 atom stereocenters. The summed E-state index contributed by atoms with van der Waals surface area (Å²) < 4.78 is 5.58. The number of rotatable bonds is 0. The molecule has 0 fully saturated rings. The van der Waals surface area contributed by atoms with Crippen LogP contribution in [0.2, 0.25) is 0 Å². The standard InChI is InChI=1S/C10H14N2O/c1-8-3-4-9-10(7-8)13-6-2-5-12(9)11/h3-4,7H,2,5-6,11H2,1H3. The van der Waals surface area contributed by atoms with Gasteiger partial charge in [0.25, 0.3) is 0 Å². The Balaban J connectivity index is 2.42. The Hall–Kier alpha value is -1.22. The summed E-state index contributed by atoms with van der Waals surface area (Å²) in [5, 5.41) is 1.75. The van der Waals surface area contributed by atoms with Gasteiger partial charge >= 0.3 is 0 Å². The fraction of sp³-hybridized carbons (Fsp3) is 0.400. The van der Waals surface area contributed by atoms with E-state index in [1.807, 2.05) is 18.2 Å². The third-order valence-corrected chi connectivity index (χ3v) is 2.23. The molecule has 0 saturated carbocycles. The highest BCUT2D eigenvalue weighted by molar-refractivity contribution is 5.59. The van der Waals surface area contributed by atoms with Gasteiger partial charge < -0.3 is 9.75 Å². The van der Waals surface area contributed by atoms with Gasteiger partial charge in [-0.3, -0.25) is 0 Å². The van der Waals surface area contributed by atoms with Gasteiger partial charge in [-0.2, -0.15) is 0 Å². The zero-order valence-electron chi connectivity index (χ0n) is 7.79. The number of fused-ring (bicyclic) bond motifs is 1. The molecular formula is C10H14N2O. The Morgan fingerprint density at radius 1 is 1.46 bits per heavy atom. The highest BCUT2D eigenvalue weighted by Gasteiger charge is 2.12. The van der Waals surface area contributed by atoms with Gasteiger partial charge in [-0.05, 0) is 24.6 Å². The van der Waals surface area contributed by atoms with Crippen molar-refractivity contribution >= 4 is 5.69 Å². The van der Waals surface area contributed by atoms with Crippen LogP contribution in [0.3, 0.4) is 0 Å². The van der Waals surface area contributed by atoms with Crippen LogP contribution in [0.15, 0.2) is 18.2 Å². The van der Waals surface area contributed by atoms with Crippen molar-refractivity contribution in [3.05, 3.63) is 23.8 Å². The van der Waals surface area contributed by atoms with Gasteiger partial charge in [0.05, 0.1) is 12.3 Å². The van der Waals surface area contributed by atoms with Crippen molar-refractivity contribution in [1.29, 1.82) is 0 Å². The molecule has 0 radical (unpaired) electrons. The summed E-state index contributed by atoms with van der Waals surface area (Å²) in [5.41, 5.74) is 2.19. The third kappa shape index (κ3) is 1.60. The Kier molecular flexibility index (Phi) is 2.10. The molecule has 0 saturated heterocycles. The Labute approximate surface area is 78.1 Å². The van der Waals surface area contributed by atoms with Crippen molar-refractivity contribution in [3.8, 4) is 5.75 Å². The second-order valence-electron chi connectivity index (χ2n) is 3.37. The first kappa shape index (κ1) is 8.38. The molecule has 3 nitrogen and oxygen atoms in total. The number of benzene rings is 1. The molecule has 0 spiro atoms. The number of hydrogen-bond acceptors (Lipinski definition) is 3. The monoisotopic (exact) mass is 178 g/mol. The molecule has 1 aliphatic rings. The molecule has 1 aromatic carbocycles. The van der Waals surface area contributed by atoms with Crippen molar-refractivity contribution in [3.63, 3.8) is 0 Å². The van der Waals surface area contributed by atoms with Crippen LogP contribution in [0.5, 0.6) is 5.75 Å². The van der Waals surface area contributed by atoms with Crippen LogP contribution >= 0.6 is 0 Å². The molecule has 0 amide bonds. The van der Waals surface area contributed by atoms with Crippen LogP contribution in [0.1, 0.15) is 12.0 Å². The smallest absolute Gasteiger partial charge is 0.144 e. The first-order valence-electron chi connectivity index (χ1n) is 4.53. The van der Waals surface area contributed by atoms with E-state index in [2.05, 4.69) is 6.92 Å². The summed E-state index contributed by atoms with van der Waals surface area (Å²) in [6.45, 7) is 3.66. The fourth-order valence-electron chi connectivity index (χ4n) is 1.51. The average Bonchev–Trinajstić information content (AvgIpc) is 2.28. The zero-order chi connectivity index (χ0) is 9.26. The predicted octanol–water partition coefficient (Wildman–Crippen LogP) is 1.46. The van der Waals surface area contributed by atoms with E-state index in [0.29, 0.717) is 0 Å². The summed E-state index contributed by atoms with van der Waals surface area (Å²) in [5.74, 6) is 6.75. The minimum Gasteiger partial charge on any atom is -0.491 e. The van der Waals surface area contributed by atoms with Gasteiger partial charge in [-0.1, -0.05) is 6.07 Å². The van der Waals surface area contributed by atoms with Gasteiger partial charge in [-0.25, -0.2) is 5.84 Å². The second-order valence-corrected chi connectivity index (χ2v) is 3.37. The predicted molar refractivity (Wildman–Crippen MR) is 52.8 cm³/mol. The van der Waals surface area contributed by atoms with Crippen LogP contribution < -0.4 is 15.6 Å². The van der Waals surface area contributed by atoms with E-state index < -0.39 is 0 Å². The van der Waals surface area contributed by atoms with Gasteiger partial charge in [0.2, 0.25) is 0 Å². The van der Waals surface area contributed by atoms with Crippen LogP contribution in [-0.2, 0) is 0 Å². The van der Waals surface area contributed by atoms with Crippen LogP contribution in [0.4, 0.5) is 5.69 Å². The average molecular weight is 178 g/mol. The first-order valence-corrected chi connectivity index (χ1v) is 4.53. The van der Waals surface area contributed by atoms with E-state index in [9.17, 15) is 0 Å². The molecule has 13 heavy (non-hydrogen) atoms. The lowest BCUT2D eigenvalue weighted by molar-refractivity contribution is 0.322. The maximum atomic E-state index is 5.85. The number of ether oxygens (including phenoxy) is 1. The topological polar surface area (TPSA) is 38.5 Å². The molecule has 1 aliphatic heterocycles. The SMILES string of the molecule is Cc1ccc2c(c1)OCCCN2N. The van der Waals surface area contributed by atoms with Gasteiger partial charge in [0.1, 0.15) is 5.75 Å². The maximum absolute atomic E-state index is 5.85. The van der Waals surface area contributed by atoms with Gasteiger partial charge in [0, 0.05) is 13.0 Å². The summed E-state index contributed by atoms with van der Waals surface area (Å²) in [4.78, 5) is 0.